The Morgan fingerprint density at radius 2 is 1.95 bits per heavy atom. The number of rotatable bonds is 3. The molecule has 1 amide bonds. The number of aromatic nitrogens is 1. The van der Waals surface area contributed by atoms with E-state index in [4.69, 9.17) is 5.73 Å². The van der Waals surface area contributed by atoms with Crippen molar-refractivity contribution in [3.8, 4) is 0 Å². The number of nitrogens with two attached hydrogens (primary N) is 1. The van der Waals surface area contributed by atoms with Gasteiger partial charge >= 0.3 is 0 Å². The standard InChI is InChI=1S/C14H14BrN3O/c1-9-11(7-8-12(15)17-9)18-14(19)13(16)10-5-3-2-4-6-10/h2-8,13H,16H2,1H3,(H,18,19). The Balaban J connectivity index is 2.13. The first kappa shape index (κ1) is 13.7. The van der Waals surface area contributed by atoms with Crippen LogP contribution in [-0.4, -0.2) is 10.9 Å². The predicted octanol–water partition coefficient (Wildman–Crippen LogP) is 2.79. The molecule has 1 heterocycles. The molecule has 0 aliphatic rings. The third-order valence-corrected chi connectivity index (χ3v) is 3.19. The van der Waals surface area contributed by atoms with Crippen LogP contribution in [0.1, 0.15) is 17.3 Å². The van der Waals surface area contributed by atoms with E-state index in [1.54, 1.807) is 12.1 Å². The lowest BCUT2D eigenvalue weighted by Crippen LogP contribution is -2.28. The first-order valence-corrected chi connectivity index (χ1v) is 6.62. The first-order chi connectivity index (χ1) is 9.08. The lowest BCUT2D eigenvalue weighted by Gasteiger charge is -2.13. The zero-order chi connectivity index (χ0) is 13.8. The number of halogens is 1. The van der Waals surface area contributed by atoms with Gasteiger partial charge in [-0.2, -0.15) is 0 Å². The quantitative estimate of drug-likeness (QED) is 0.855. The summed E-state index contributed by atoms with van der Waals surface area (Å²) < 4.78 is 0.732. The van der Waals surface area contributed by atoms with Crippen LogP contribution in [-0.2, 0) is 4.79 Å². The third-order valence-electron chi connectivity index (χ3n) is 2.75. The Kier molecular flexibility index (Phi) is 4.29. The van der Waals surface area contributed by atoms with Crippen LogP contribution in [0.5, 0.6) is 0 Å². The summed E-state index contributed by atoms with van der Waals surface area (Å²) in [5, 5.41) is 2.79. The molecule has 0 saturated heterocycles. The van der Waals surface area contributed by atoms with Gasteiger partial charge in [-0.15, -0.1) is 0 Å². The SMILES string of the molecule is Cc1nc(Br)ccc1NC(=O)C(N)c1ccccc1. The predicted molar refractivity (Wildman–Crippen MR) is 78.7 cm³/mol. The minimum absolute atomic E-state index is 0.251. The summed E-state index contributed by atoms with van der Waals surface area (Å²) >= 11 is 3.28. The topological polar surface area (TPSA) is 68.0 Å². The summed E-state index contributed by atoms with van der Waals surface area (Å²) in [6.07, 6.45) is 0. The minimum Gasteiger partial charge on any atom is -0.323 e. The Morgan fingerprint density at radius 1 is 1.26 bits per heavy atom. The second-order valence-corrected chi connectivity index (χ2v) is 4.96. The number of nitrogens with zero attached hydrogens (tertiary/aromatic N) is 1. The number of pyridine rings is 1. The van der Waals surface area contributed by atoms with E-state index in [0.29, 0.717) is 5.69 Å². The average Bonchev–Trinajstić information content (AvgIpc) is 2.42. The van der Waals surface area contributed by atoms with Crippen molar-refractivity contribution < 1.29 is 4.79 Å². The number of hydrogen-bond donors (Lipinski definition) is 2. The second-order valence-electron chi connectivity index (χ2n) is 4.14. The van der Waals surface area contributed by atoms with Crippen LogP contribution in [0, 0.1) is 6.92 Å². The molecule has 1 unspecified atom stereocenters. The molecule has 3 N–H and O–H groups in total. The molecule has 0 spiro atoms. The zero-order valence-electron chi connectivity index (χ0n) is 10.4. The highest BCUT2D eigenvalue weighted by molar-refractivity contribution is 9.10. The largest absolute Gasteiger partial charge is 0.323 e. The summed E-state index contributed by atoms with van der Waals surface area (Å²) in [7, 11) is 0. The van der Waals surface area contributed by atoms with Crippen LogP contribution >= 0.6 is 15.9 Å². The maximum Gasteiger partial charge on any atom is 0.245 e. The van der Waals surface area contributed by atoms with Gasteiger partial charge in [0.05, 0.1) is 11.4 Å². The van der Waals surface area contributed by atoms with Crippen molar-refractivity contribution in [2.75, 3.05) is 5.32 Å². The molecular formula is C14H14BrN3O. The molecule has 2 aromatic rings. The first-order valence-electron chi connectivity index (χ1n) is 5.82. The second kappa shape index (κ2) is 5.95. The van der Waals surface area contributed by atoms with Crippen molar-refractivity contribution in [1.29, 1.82) is 0 Å². The molecule has 0 aliphatic heterocycles. The number of carbonyl (C=O) groups excluding carboxylic acids is 1. The molecule has 0 aliphatic carbocycles. The molecule has 1 aromatic heterocycles. The van der Waals surface area contributed by atoms with Gasteiger partial charge in [-0.05, 0) is 40.5 Å². The van der Waals surface area contributed by atoms with Crippen LogP contribution in [0.2, 0.25) is 0 Å². The number of amides is 1. The fourth-order valence-corrected chi connectivity index (χ4v) is 2.08. The molecule has 0 radical (unpaired) electrons. The summed E-state index contributed by atoms with van der Waals surface area (Å²) in [6.45, 7) is 1.83. The van der Waals surface area contributed by atoms with Crippen molar-refractivity contribution in [3.05, 3.63) is 58.3 Å². The van der Waals surface area contributed by atoms with Crippen LogP contribution in [0.25, 0.3) is 0 Å². The maximum absolute atomic E-state index is 12.1. The van der Waals surface area contributed by atoms with Crippen LogP contribution in [0.3, 0.4) is 0 Å². The lowest BCUT2D eigenvalue weighted by molar-refractivity contribution is -0.117. The summed E-state index contributed by atoms with van der Waals surface area (Å²) in [5.74, 6) is -0.251. The van der Waals surface area contributed by atoms with E-state index in [0.717, 1.165) is 15.9 Å². The van der Waals surface area contributed by atoms with E-state index < -0.39 is 6.04 Å². The van der Waals surface area contributed by atoms with Gasteiger partial charge in [-0.3, -0.25) is 4.79 Å². The number of benzene rings is 1. The number of anilines is 1. The summed E-state index contributed by atoms with van der Waals surface area (Å²) in [4.78, 5) is 16.3. The molecule has 5 heteroatoms. The third kappa shape index (κ3) is 3.39. The molecular weight excluding hydrogens is 306 g/mol. The van der Waals surface area contributed by atoms with Gasteiger partial charge in [0.2, 0.25) is 5.91 Å². The van der Waals surface area contributed by atoms with Crippen molar-refractivity contribution >= 4 is 27.5 Å². The van der Waals surface area contributed by atoms with Gasteiger partial charge in [0.15, 0.2) is 0 Å². The zero-order valence-corrected chi connectivity index (χ0v) is 12.0. The van der Waals surface area contributed by atoms with E-state index in [-0.39, 0.29) is 5.91 Å². The van der Waals surface area contributed by atoms with Gasteiger partial charge in [0.1, 0.15) is 10.6 Å². The smallest absolute Gasteiger partial charge is 0.245 e. The monoisotopic (exact) mass is 319 g/mol. The fourth-order valence-electron chi connectivity index (χ4n) is 1.68. The van der Waals surface area contributed by atoms with E-state index in [2.05, 4.69) is 26.2 Å². The van der Waals surface area contributed by atoms with Crippen LogP contribution in [0.4, 0.5) is 5.69 Å². The highest BCUT2D eigenvalue weighted by atomic mass is 79.9. The Hall–Kier alpha value is -1.72. The number of hydrogen-bond acceptors (Lipinski definition) is 3. The minimum atomic E-state index is -0.691. The van der Waals surface area contributed by atoms with Gasteiger partial charge in [-0.1, -0.05) is 30.3 Å². The maximum atomic E-state index is 12.1. The Labute approximate surface area is 120 Å². The molecule has 0 saturated carbocycles. The molecule has 4 nitrogen and oxygen atoms in total. The number of nitrogens with one attached hydrogen (secondary N) is 1. The Morgan fingerprint density at radius 3 is 2.58 bits per heavy atom. The van der Waals surface area contributed by atoms with Crippen LogP contribution < -0.4 is 11.1 Å². The van der Waals surface area contributed by atoms with Crippen molar-refractivity contribution in [2.45, 2.75) is 13.0 Å². The van der Waals surface area contributed by atoms with Crippen LogP contribution in [0.15, 0.2) is 47.1 Å². The van der Waals surface area contributed by atoms with Crippen molar-refractivity contribution in [2.24, 2.45) is 5.73 Å². The number of carbonyl (C=O) groups is 1. The van der Waals surface area contributed by atoms with Crippen molar-refractivity contribution in [3.63, 3.8) is 0 Å². The fraction of sp³-hybridized carbons (Fsp3) is 0.143. The van der Waals surface area contributed by atoms with E-state index >= 15 is 0 Å². The molecule has 19 heavy (non-hydrogen) atoms. The van der Waals surface area contributed by atoms with E-state index in [9.17, 15) is 4.79 Å². The molecule has 98 valence electrons. The number of aryl methyl sites for hydroxylation is 1. The van der Waals surface area contributed by atoms with Crippen molar-refractivity contribution in [1.82, 2.24) is 4.98 Å². The average molecular weight is 320 g/mol. The Bertz CT molecular complexity index is 586. The molecule has 1 atom stereocenters. The van der Waals surface area contributed by atoms with Gasteiger partial charge in [0, 0.05) is 0 Å². The van der Waals surface area contributed by atoms with E-state index in [1.807, 2.05) is 37.3 Å². The normalized spacial score (nSPS) is 11.9. The lowest BCUT2D eigenvalue weighted by atomic mass is 10.1. The summed E-state index contributed by atoms with van der Waals surface area (Å²) in [6, 6.07) is 12.1. The highest BCUT2D eigenvalue weighted by Crippen LogP contribution is 2.18. The molecule has 2 rings (SSSR count). The van der Waals surface area contributed by atoms with Gasteiger partial charge in [0.25, 0.3) is 0 Å². The van der Waals surface area contributed by atoms with Gasteiger partial charge in [-0.25, -0.2) is 4.98 Å². The van der Waals surface area contributed by atoms with Gasteiger partial charge < -0.3 is 11.1 Å². The summed E-state index contributed by atoms with van der Waals surface area (Å²) in [5.41, 5.74) is 8.11. The molecule has 0 bridgehead atoms. The molecule has 0 fully saturated rings. The van der Waals surface area contributed by atoms with E-state index in [1.165, 1.54) is 0 Å². The highest BCUT2D eigenvalue weighted by Gasteiger charge is 2.16. The molecule has 1 aromatic carbocycles.